The summed E-state index contributed by atoms with van der Waals surface area (Å²) in [6.07, 6.45) is 2.22. The number of benzene rings is 2. The molecule has 0 aliphatic carbocycles. The minimum atomic E-state index is -2.22. The molecule has 0 unspecified atom stereocenters. The van der Waals surface area contributed by atoms with Gasteiger partial charge in [0.1, 0.15) is 0 Å². The lowest BCUT2D eigenvalue weighted by atomic mass is 10.1. The number of halogens is 5. The van der Waals surface area contributed by atoms with Crippen molar-refractivity contribution in [3.8, 4) is 0 Å². The highest BCUT2D eigenvalue weighted by molar-refractivity contribution is 8.00. The van der Waals surface area contributed by atoms with Crippen molar-refractivity contribution in [1.29, 1.82) is 0 Å². The van der Waals surface area contributed by atoms with E-state index in [0.29, 0.717) is 10.9 Å². The number of aromatic nitrogens is 1. The van der Waals surface area contributed by atoms with Crippen LogP contribution in [-0.4, -0.2) is 16.5 Å². The van der Waals surface area contributed by atoms with Crippen LogP contribution >= 0.6 is 11.8 Å². The first kappa shape index (κ1) is 18.4. The van der Waals surface area contributed by atoms with Gasteiger partial charge in [-0.15, -0.1) is 11.8 Å². The predicted molar refractivity (Wildman–Crippen MR) is 89.0 cm³/mol. The summed E-state index contributed by atoms with van der Waals surface area (Å²) in [4.78, 5) is 14.3. The predicted octanol–water partition coefficient (Wildman–Crippen LogP) is 5.40. The summed E-state index contributed by atoms with van der Waals surface area (Å²) in [6.45, 7) is 1.95. The molecule has 136 valence electrons. The van der Waals surface area contributed by atoms with Gasteiger partial charge in [-0.05, 0) is 12.0 Å². The molecular formula is C18H12F5NOS. The lowest BCUT2D eigenvalue weighted by molar-refractivity contribution is 0.102. The van der Waals surface area contributed by atoms with Gasteiger partial charge in [-0.25, -0.2) is 22.0 Å². The Kier molecular flexibility index (Phi) is 5.04. The number of hydrogen-bond donors (Lipinski definition) is 1. The van der Waals surface area contributed by atoms with Crippen LogP contribution in [0.15, 0.2) is 29.3 Å². The van der Waals surface area contributed by atoms with E-state index in [2.05, 4.69) is 4.98 Å². The third-order valence-electron chi connectivity index (χ3n) is 4.00. The lowest BCUT2D eigenvalue weighted by Crippen LogP contribution is -2.06. The molecule has 0 spiro atoms. The molecule has 1 aromatic heterocycles. The van der Waals surface area contributed by atoms with Crippen LogP contribution in [0.5, 0.6) is 0 Å². The number of aryl methyl sites for hydroxylation is 1. The molecule has 3 aromatic rings. The van der Waals surface area contributed by atoms with E-state index >= 15 is 0 Å². The molecule has 0 saturated carbocycles. The lowest BCUT2D eigenvalue weighted by Gasteiger charge is -2.07. The third-order valence-corrected chi connectivity index (χ3v) is 5.05. The Bertz CT molecular complexity index is 985. The summed E-state index contributed by atoms with van der Waals surface area (Å²) in [6, 6.07) is 5.40. The van der Waals surface area contributed by atoms with Crippen LogP contribution in [0.3, 0.4) is 0 Å². The number of aromatic amines is 1. The smallest absolute Gasteiger partial charge is 0.200 e. The number of rotatable bonds is 5. The van der Waals surface area contributed by atoms with Gasteiger partial charge < -0.3 is 4.98 Å². The van der Waals surface area contributed by atoms with E-state index in [1.54, 1.807) is 12.1 Å². The fourth-order valence-corrected chi connectivity index (χ4v) is 3.53. The highest BCUT2D eigenvalue weighted by Crippen LogP contribution is 2.32. The van der Waals surface area contributed by atoms with Gasteiger partial charge in [0.15, 0.2) is 29.1 Å². The van der Waals surface area contributed by atoms with Crippen molar-refractivity contribution in [2.45, 2.75) is 18.2 Å². The molecule has 0 amide bonds. The van der Waals surface area contributed by atoms with Gasteiger partial charge in [-0.2, -0.15) is 0 Å². The minimum absolute atomic E-state index is 0.275. The zero-order valence-corrected chi connectivity index (χ0v) is 14.2. The second kappa shape index (κ2) is 7.11. The van der Waals surface area contributed by atoms with Crippen molar-refractivity contribution in [2.75, 3.05) is 5.75 Å². The van der Waals surface area contributed by atoms with E-state index in [1.807, 2.05) is 13.0 Å². The fraction of sp³-hybridized carbons (Fsp3) is 0.167. The maximum Gasteiger partial charge on any atom is 0.200 e. The number of hydrogen-bond acceptors (Lipinski definition) is 2. The highest BCUT2D eigenvalue weighted by atomic mass is 32.2. The van der Waals surface area contributed by atoms with Crippen molar-refractivity contribution in [2.24, 2.45) is 0 Å². The van der Waals surface area contributed by atoms with Crippen LogP contribution in [0.25, 0.3) is 10.9 Å². The van der Waals surface area contributed by atoms with Gasteiger partial charge in [0, 0.05) is 22.7 Å². The van der Waals surface area contributed by atoms with Crippen molar-refractivity contribution in [3.63, 3.8) is 0 Å². The normalized spacial score (nSPS) is 11.3. The number of fused-ring (bicyclic) bond motifs is 1. The Morgan fingerprint density at radius 3 is 2.23 bits per heavy atom. The van der Waals surface area contributed by atoms with Crippen LogP contribution in [0, 0.1) is 29.1 Å². The number of nitrogens with one attached hydrogen (secondary N) is 1. The molecule has 0 saturated heterocycles. The van der Waals surface area contributed by atoms with Crippen LogP contribution in [0.4, 0.5) is 22.0 Å². The summed E-state index contributed by atoms with van der Waals surface area (Å²) in [7, 11) is 0. The number of Topliss-reactive ketones (excluding diaryl/α,β-unsaturated/α-hetero) is 1. The van der Waals surface area contributed by atoms with Gasteiger partial charge in [0.05, 0.1) is 10.6 Å². The first-order chi connectivity index (χ1) is 12.4. The summed E-state index contributed by atoms with van der Waals surface area (Å²) in [5.41, 5.74) is 2.07. The summed E-state index contributed by atoms with van der Waals surface area (Å²) in [5.74, 6) is -11.1. The van der Waals surface area contributed by atoms with Crippen LogP contribution in [-0.2, 0) is 6.42 Å². The maximum atomic E-state index is 13.7. The molecule has 0 bridgehead atoms. The van der Waals surface area contributed by atoms with Crippen molar-refractivity contribution < 1.29 is 26.7 Å². The number of thioether (sulfide) groups is 1. The average molecular weight is 385 g/mol. The van der Waals surface area contributed by atoms with E-state index in [9.17, 15) is 26.7 Å². The Hall–Kier alpha value is -2.35. The average Bonchev–Trinajstić information content (AvgIpc) is 3.08. The molecule has 0 aliphatic heterocycles. The number of para-hydroxylation sites is 1. The summed E-state index contributed by atoms with van der Waals surface area (Å²) < 4.78 is 66.9. The van der Waals surface area contributed by atoms with Gasteiger partial charge in [-0.1, -0.05) is 25.1 Å². The highest BCUT2D eigenvalue weighted by Gasteiger charge is 2.26. The Balaban J connectivity index is 1.89. The second-order valence-corrected chi connectivity index (χ2v) is 6.49. The molecule has 1 heterocycles. The first-order valence-electron chi connectivity index (χ1n) is 7.63. The Morgan fingerprint density at radius 2 is 1.62 bits per heavy atom. The quantitative estimate of drug-likeness (QED) is 0.210. The zero-order chi connectivity index (χ0) is 19.0. The Labute approximate surface area is 149 Å². The molecule has 2 nitrogen and oxygen atoms in total. The van der Waals surface area contributed by atoms with E-state index < -0.39 is 45.5 Å². The third kappa shape index (κ3) is 2.98. The molecule has 1 N–H and O–H groups in total. The SMILES string of the molecule is CCc1cccc2c(C(=O)CSc3c(F)c(F)c(F)c(F)c3F)c[nH]c12. The number of carbonyl (C=O) groups excluding carboxylic acids is 1. The van der Waals surface area contributed by atoms with E-state index in [1.165, 1.54) is 6.20 Å². The summed E-state index contributed by atoms with van der Waals surface area (Å²) in [5, 5.41) is 0.646. The Morgan fingerprint density at radius 1 is 1.00 bits per heavy atom. The number of ketones is 1. The van der Waals surface area contributed by atoms with Crippen LogP contribution in [0.1, 0.15) is 22.8 Å². The summed E-state index contributed by atoms with van der Waals surface area (Å²) >= 11 is 0.275. The fourth-order valence-electron chi connectivity index (χ4n) is 2.67. The molecule has 0 atom stereocenters. The van der Waals surface area contributed by atoms with Gasteiger partial charge >= 0.3 is 0 Å². The molecule has 8 heteroatoms. The molecule has 26 heavy (non-hydrogen) atoms. The van der Waals surface area contributed by atoms with Gasteiger partial charge in [-0.3, -0.25) is 4.79 Å². The molecular weight excluding hydrogens is 373 g/mol. The topological polar surface area (TPSA) is 32.9 Å². The minimum Gasteiger partial charge on any atom is -0.360 e. The monoisotopic (exact) mass is 385 g/mol. The van der Waals surface area contributed by atoms with E-state index in [4.69, 9.17) is 0 Å². The zero-order valence-electron chi connectivity index (χ0n) is 13.4. The molecule has 3 rings (SSSR count). The van der Waals surface area contributed by atoms with Gasteiger partial charge in [0.25, 0.3) is 0 Å². The first-order valence-corrected chi connectivity index (χ1v) is 8.61. The van der Waals surface area contributed by atoms with Crippen LogP contribution in [0.2, 0.25) is 0 Å². The number of carbonyl (C=O) groups is 1. The standard InChI is InChI=1S/C18H12F5NOS/c1-2-8-4-3-5-9-10(6-24-17(8)9)11(25)7-26-18-15(22)13(20)12(19)14(21)16(18)23/h3-6,24H,2,7H2,1H3. The largest absolute Gasteiger partial charge is 0.360 e. The van der Waals surface area contributed by atoms with Crippen molar-refractivity contribution >= 4 is 28.4 Å². The molecule has 0 fully saturated rings. The van der Waals surface area contributed by atoms with Crippen molar-refractivity contribution in [3.05, 3.63) is 64.6 Å². The molecule has 2 aromatic carbocycles. The maximum absolute atomic E-state index is 13.7. The molecule has 0 radical (unpaired) electrons. The van der Waals surface area contributed by atoms with E-state index in [0.717, 1.165) is 17.5 Å². The van der Waals surface area contributed by atoms with E-state index in [-0.39, 0.29) is 11.8 Å². The number of H-pyrrole nitrogens is 1. The molecule has 0 aliphatic rings. The van der Waals surface area contributed by atoms with Gasteiger partial charge in [0.2, 0.25) is 5.82 Å². The van der Waals surface area contributed by atoms with Crippen molar-refractivity contribution in [1.82, 2.24) is 4.98 Å². The van der Waals surface area contributed by atoms with Crippen LogP contribution < -0.4 is 0 Å². The second-order valence-electron chi connectivity index (χ2n) is 5.51.